The first kappa shape index (κ1) is 38.0. The number of allylic oxidation sites excluding steroid dienone is 2. The van der Waals surface area contributed by atoms with Crippen molar-refractivity contribution < 1.29 is 38.1 Å². The number of unbranched alkanes of at least 4 members (excludes halogenated alkanes) is 12. The van der Waals surface area contributed by atoms with E-state index in [1.807, 2.05) is 0 Å². The van der Waals surface area contributed by atoms with Crippen LogP contribution in [0, 0.1) is 0 Å². The summed E-state index contributed by atoms with van der Waals surface area (Å²) in [7, 11) is 0. The lowest BCUT2D eigenvalue weighted by Gasteiger charge is -2.45. The lowest BCUT2D eigenvalue weighted by Crippen LogP contribution is -2.65. The SMILES string of the molecule is CCCCCCCC/C=C\CCCCCCCCS[C@H]1O[C@H](COC(C)=O)[C@@H](OC(C)=O)[C@H](OC(C)=O)[C@H]1NC(C)=O. The Labute approximate surface area is 257 Å². The van der Waals surface area contributed by atoms with Crippen LogP contribution in [-0.2, 0) is 38.1 Å². The van der Waals surface area contributed by atoms with Crippen molar-refractivity contribution in [1.82, 2.24) is 5.32 Å². The molecule has 10 heteroatoms. The highest BCUT2D eigenvalue weighted by Crippen LogP contribution is 2.33. The van der Waals surface area contributed by atoms with Crippen molar-refractivity contribution in [3.05, 3.63) is 12.2 Å². The molecule has 1 heterocycles. The number of carbonyl (C=O) groups excluding carboxylic acids is 4. The number of hydrogen-bond acceptors (Lipinski definition) is 9. The molecule has 1 rings (SSSR count). The van der Waals surface area contributed by atoms with Crippen LogP contribution in [0.3, 0.4) is 0 Å². The molecule has 1 fully saturated rings. The molecule has 1 aliphatic heterocycles. The predicted octanol–water partition coefficient (Wildman–Crippen LogP) is 6.41. The minimum atomic E-state index is -1.05. The van der Waals surface area contributed by atoms with Crippen LogP contribution in [-0.4, -0.2) is 66.0 Å². The highest BCUT2D eigenvalue weighted by molar-refractivity contribution is 7.99. The highest BCUT2D eigenvalue weighted by Gasteiger charge is 2.50. The molecule has 0 bridgehead atoms. The molecule has 0 radical (unpaired) electrons. The van der Waals surface area contributed by atoms with Gasteiger partial charge in [-0.15, -0.1) is 11.8 Å². The molecule has 5 atom stereocenters. The zero-order chi connectivity index (χ0) is 31.2. The van der Waals surface area contributed by atoms with Gasteiger partial charge in [-0.1, -0.05) is 76.9 Å². The number of ether oxygens (including phenoxy) is 4. The van der Waals surface area contributed by atoms with Crippen molar-refractivity contribution in [3.63, 3.8) is 0 Å². The topological polar surface area (TPSA) is 117 Å². The van der Waals surface area contributed by atoms with Gasteiger partial charge in [0.2, 0.25) is 5.91 Å². The van der Waals surface area contributed by atoms with Gasteiger partial charge in [0.1, 0.15) is 24.2 Å². The van der Waals surface area contributed by atoms with Crippen LogP contribution in [0.4, 0.5) is 0 Å². The molecule has 1 saturated heterocycles. The maximum atomic E-state index is 12.0. The number of carbonyl (C=O) groups is 4. The van der Waals surface area contributed by atoms with E-state index in [1.165, 1.54) is 104 Å². The number of esters is 3. The summed E-state index contributed by atoms with van der Waals surface area (Å²) in [5.74, 6) is -1.26. The van der Waals surface area contributed by atoms with Gasteiger partial charge in [-0.25, -0.2) is 0 Å². The quantitative estimate of drug-likeness (QED) is 0.0639. The number of thioether (sulfide) groups is 1. The third-order valence-corrected chi connectivity index (χ3v) is 8.27. The van der Waals surface area contributed by atoms with Crippen LogP contribution >= 0.6 is 11.8 Å². The smallest absolute Gasteiger partial charge is 0.303 e. The van der Waals surface area contributed by atoms with Crippen molar-refractivity contribution >= 4 is 35.6 Å². The van der Waals surface area contributed by atoms with Gasteiger partial charge in [-0.05, 0) is 37.9 Å². The van der Waals surface area contributed by atoms with Gasteiger partial charge >= 0.3 is 17.9 Å². The number of rotatable bonds is 22. The second kappa shape index (κ2) is 23.4. The molecular formula is C32H55NO8S. The average molecular weight is 614 g/mol. The summed E-state index contributed by atoms with van der Waals surface area (Å²) in [4.78, 5) is 47.4. The molecule has 0 aliphatic carbocycles. The van der Waals surface area contributed by atoms with E-state index in [1.54, 1.807) is 0 Å². The van der Waals surface area contributed by atoms with Crippen molar-refractivity contribution in [1.29, 1.82) is 0 Å². The van der Waals surface area contributed by atoms with Crippen LogP contribution in [0.1, 0.15) is 125 Å². The number of hydrogen-bond donors (Lipinski definition) is 1. The summed E-state index contributed by atoms with van der Waals surface area (Å²) in [6.07, 6.45) is 19.0. The van der Waals surface area contributed by atoms with Gasteiger partial charge in [0, 0.05) is 27.7 Å². The van der Waals surface area contributed by atoms with E-state index in [4.69, 9.17) is 18.9 Å². The lowest BCUT2D eigenvalue weighted by atomic mass is 9.97. The molecule has 9 nitrogen and oxygen atoms in total. The molecule has 1 N–H and O–H groups in total. The average Bonchev–Trinajstić information content (AvgIpc) is 2.91. The zero-order valence-corrected chi connectivity index (χ0v) is 27.3. The molecule has 242 valence electrons. The zero-order valence-electron chi connectivity index (χ0n) is 26.5. The maximum Gasteiger partial charge on any atom is 0.303 e. The Kier molecular flexibility index (Phi) is 21.1. The molecule has 0 aromatic heterocycles. The third-order valence-electron chi connectivity index (χ3n) is 7.01. The van der Waals surface area contributed by atoms with Crippen molar-refractivity contribution in [2.45, 2.75) is 154 Å². The van der Waals surface area contributed by atoms with Crippen molar-refractivity contribution in [3.8, 4) is 0 Å². The minimum absolute atomic E-state index is 0.177. The van der Waals surface area contributed by atoms with E-state index >= 15 is 0 Å². The molecule has 0 aromatic rings. The van der Waals surface area contributed by atoms with E-state index in [0.29, 0.717) is 0 Å². The number of amides is 1. The summed E-state index contributed by atoms with van der Waals surface area (Å²) in [6.45, 7) is 7.19. The molecular weight excluding hydrogens is 558 g/mol. The second-order valence-corrected chi connectivity index (χ2v) is 12.2. The lowest BCUT2D eigenvalue weighted by molar-refractivity contribution is -0.211. The molecule has 0 unspecified atom stereocenters. The predicted molar refractivity (Wildman–Crippen MR) is 166 cm³/mol. The van der Waals surface area contributed by atoms with Crippen LogP contribution in [0.2, 0.25) is 0 Å². The van der Waals surface area contributed by atoms with E-state index in [2.05, 4.69) is 24.4 Å². The first-order chi connectivity index (χ1) is 20.1. The van der Waals surface area contributed by atoms with Gasteiger partial charge in [0.05, 0.1) is 0 Å². The molecule has 42 heavy (non-hydrogen) atoms. The Bertz CT molecular complexity index is 820. The van der Waals surface area contributed by atoms with Gasteiger partial charge in [-0.3, -0.25) is 19.2 Å². The standard InChI is InChI=1S/C32H55NO8S/c1-6-7-8-9-10-11-12-13-14-15-16-17-18-19-20-21-22-42-32-29(33-24(2)34)31(40-27(5)37)30(39-26(4)36)28(41-32)23-38-25(3)35/h13-14,28-32H,6-12,15-23H2,1-5H3,(H,33,34)/b14-13-/t28-,29-,30-,31-,32-/m1/s1. The number of nitrogens with one attached hydrogen (secondary N) is 1. The molecule has 0 saturated carbocycles. The van der Waals surface area contributed by atoms with Crippen LogP contribution in [0.15, 0.2) is 12.2 Å². The van der Waals surface area contributed by atoms with Crippen LogP contribution in [0.25, 0.3) is 0 Å². The van der Waals surface area contributed by atoms with E-state index < -0.39 is 47.7 Å². The van der Waals surface area contributed by atoms with Gasteiger partial charge in [-0.2, -0.15) is 0 Å². The Balaban J connectivity index is 2.50. The summed E-state index contributed by atoms with van der Waals surface area (Å²) >= 11 is 1.51. The summed E-state index contributed by atoms with van der Waals surface area (Å²) in [5, 5.41) is 2.82. The van der Waals surface area contributed by atoms with E-state index in [-0.39, 0.29) is 12.5 Å². The van der Waals surface area contributed by atoms with E-state index in [0.717, 1.165) is 31.4 Å². The molecule has 0 spiro atoms. The largest absolute Gasteiger partial charge is 0.463 e. The monoisotopic (exact) mass is 613 g/mol. The third kappa shape index (κ3) is 17.8. The van der Waals surface area contributed by atoms with Gasteiger partial charge in [0.15, 0.2) is 12.2 Å². The highest BCUT2D eigenvalue weighted by atomic mass is 32.2. The first-order valence-corrected chi connectivity index (χ1v) is 16.9. The normalized spacial score (nSPS) is 22.1. The summed E-state index contributed by atoms with van der Waals surface area (Å²) in [6, 6.07) is -0.747. The second-order valence-electron chi connectivity index (χ2n) is 11.0. The summed E-state index contributed by atoms with van der Waals surface area (Å²) < 4.78 is 22.4. The van der Waals surface area contributed by atoms with Gasteiger partial charge in [0.25, 0.3) is 0 Å². The summed E-state index contributed by atoms with van der Waals surface area (Å²) in [5.41, 5.74) is -0.589. The molecule has 1 aliphatic rings. The Morgan fingerprint density at radius 1 is 0.714 bits per heavy atom. The Morgan fingerprint density at radius 3 is 1.76 bits per heavy atom. The van der Waals surface area contributed by atoms with Crippen LogP contribution in [0.5, 0.6) is 0 Å². The van der Waals surface area contributed by atoms with Gasteiger partial charge < -0.3 is 24.3 Å². The first-order valence-electron chi connectivity index (χ1n) is 15.8. The van der Waals surface area contributed by atoms with Crippen LogP contribution < -0.4 is 5.32 Å². The minimum Gasteiger partial charge on any atom is -0.463 e. The van der Waals surface area contributed by atoms with Crippen molar-refractivity contribution in [2.75, 3.05) is 12.4 Å². The molecule has 0 aromatic carbocycles. The van der Waals surface area contributed by atoms with Crippen molar-refractivity contribution in [2.24, 2.45) is 0 Å². The van der Waals surface area contributed by atoms with E-state index in [9.17, 15) is 19.2 Å². The fourth-order valence-electron chi connectivity index (χ4n) is 4.98. The fraction of sp³-hybridized carbons (Fsp3) is 0.812. The Hall–Kier alpha value is -2.07. The fourth-order valence-corrected chi connectivity index (χ4v) is 6.24. The maximum absolute atomic E-state index is 12.0. The Morgan fingerprint density at radius 2 is 1.24 bits per heavy atom. The molecule has 1 amide bonds.